The number of carbonyl (C=O) groups excluding carboxylic acids is 2. The van der Waals surface area contributed by atoms with E-state index in [4.69, 9.17) is 0 Å². The molecule has 0 aliphatic heterocycles. The average molecular weight is 364 g/mol. The molecule has 2 aliphatic rings. The van der Waals surface area contributed by atoms with Crippen LogP contribution in [0.3, 0.4) is 0 Å². The second-order valence-electron chi connectivity index (χ2n) is 5.67. The fourth-order valence-corrected chi connectivity index (χ4v) is 2.76. The highest BCUT2D eigenvalue weighted by atomic mass is 35.5. The molecule has 2 aliphatic carbocycles. The van der Waals surface area contributed by atoms with Crippen LogP contribution in [0.4, 0.5) is 5.69 Å². The average Bonchev–Trinajstić information content (AvgIpc) is 2.74. The largest absolute Gasteiger partial charge is 0.351 e. The number of hydrogen-bond acceptors (Lipinski definition) is 3. The first-order valence-electron chi connectivity index (χ1n) is 8.36. The van der Waals surface area contributed by atoms with Gasteiger partial charge in [0.15, 0.2) is 0 Å². The lowest BCUT2D eigenvalue weighted by atomic mass is 10.1. The van der Waals surface area contributed by atoms with Gasteiger partial charge in [0, 0.05) is 36.8 Å². The monoisotopic (exact) mass is 363 g/mol. The van der Waals surface area contributed by atoms with E-state index in [1.807, 2.05) is 30.3 Å². The van der Waals surface area contributed by atoms with Crippen molar-refractivity contribution >= 4 is 29.9 Å². The summed E-state index contributed by atoms with van der Waals surface area (Å²) in [5.41, 5.74) is 2.96. The number of likely N-dealkylation sites (N-methyl/N-ethyl adjacent to an activating group) is 1. The molecule has 0 spiro atoms. The molecule has 0 bridgehead atoms. The van der Waals surface area contributed by atoms with E-state index in [0.29, 0.717) is 17.8 Å². The molecule has 2 amide bonds. The Hall–Kier alpha value is -2.11. The maximum absolute atomic E-state index is 12.6. The van der Waals surface area contributed by atoms with Crippen molar-refractivity contribution in [2.75, 3.05) is 31.5 Å². The van der Waals surface area contributed by atoms with E-state index in [2.05, 4.69) is 29.4 Å². The van der Waals surface area contributed by atoms with Gasteiger partial charge in [0.2, 0.25) is 5.91 Å². The van der Waals surface area contributed by atoms with Crippen LogP contribution in [-0.2, 0) is 4.79 Å². The molecular weight excluding hydrogens is 338 g/mol. The third-order valence-electron chi connectivity index (χ3n) is 4.07. The Labute approximate surface area is 155 Å². The third kappa shape index (κ3) is 5.44. The number of halogens is 1. The normalized spacial score (nSPS) is 10.4. The molecule has 0 radical (unpaired) electrons. The van der Waals surface area contributed by atoms with Gasteiger partial charge in [0.1, 0.15) is 0 Å². The lowest BCUT2D eigenvalue weighted by molar-refractivity contribution is -0.114. The van der Waals surface area contributed by atoms with Crippen molar-refractivity contribution in [1.82, 2.24) is 10.2 Å². The Morgan fingerprint density at radius 3 is 2.28 bits per heavy atom. The Morgan fingerprint density at radius 1 is 1.04 bits per heavy atom. The molecule has 5 nitrogen and oxygen atoms in total. The van der Waals surface area contributed by atoms with Crippen LogP contribution in [0.5, 0.6) is 0 Å². The van der Waals surface area contributed by atoms with Gasteiger partial charge in [-0.1, -0.05) is 44.2 Å². The molecule has 0 saturated heterocycles. The van der Waals surface area contributed by atoms with Gasteiger partial charge in [-0.05, 0) is 24.7 Å². The SMILES string of the molecule is CCN(CC)CCNC(=O)c1cc(NC(C)=O)c2cccccc1-2.Cl. The predicted molar refractivity (Wildman–Crippen MR) is 105 cm³/mol. The van der Waals surface area contributed by atoms with Gasteiger partial charge in [-0.2, -0.15) is 0 Å². The van der Waals surface area contributed by atoms with Crippen LogP contribution in [0, 0.1) is 0 Å². The van der Waals surface area contributed by atoms with Crippen LogP contribution < -0.4 is 10.6 Å². The molecule has 6 heteroatoms. The first kappa shape index (κ1) is 20.9. The highest BCUT2D eigenvalue weighted by Gasteiger charge is 2.20. The maximum atomic E-state index is 12.6. The van der Waals surface area contributed by atoms with Crippen molar-refractivity contribution in [3.05, 3.63) is 42.0 Å². The van der Waals surface area contributed by atoms with Crippen molar-refractivity contribution in [3.8, 4) is 11.1 Å². The minimum absolute atomic E-state index is 0. The van der Waals surface area contributed by atoms with Crippen molar-refractivity contribution in [1.29, 1.82) is 0 Å². The highest BCUT2D eigenvalue weighted by Crippen LogP contribution is 2.35. The predicted octanol–water partition coefficient (Wildman–Crippen LogP) is 3.24. The lowest BCUT2D eigenvalue weighted by Crippen LogP contribution is -2.34. The second kappa shape index (κ2) is 10.0. The zero-order valence-corrected chi connectivity index (χ0v) is 15.8. The number of hydrogen-bond donors (Lipinski definition) is 2. The lowest BCUT2D eigenvalue weighted by Gasteiger charge is -2.17. The van der Waals surface area contributed by atoms with Gasteiger partial charge in [-0.25, -0.2) is 0 Å². The molecule has 0 aromatic rings. The van der Waals surface area contributed by atoms with Gasteiger partial charge in [0.05, 0.1) is 0 Å². The van der Waals surface area contributed by atoms with Crippen molar-refractivity contribution < 1.29 is 9.59 Å². The zero-order chi connectivity index (χ0) is 17.5. The Bertz CT molecular complexity index is 686. The third-order valence-corrected chi connectivity index (χ3v) is 4.07. The van der Waals surface area contributed by atoms with E-state index < -0.39 is 0 Å². The van der Waals surface area contributed by atoms with Crippen LogP contribution >= 0.6 is 12.4 Å². The van der Waals surface area contributed by atoms with E-state index >= 15 is 0 Å². The molecule has 0 unspecified atom stereocenters. The van der Waals surface area contributed by atoms with E-state index in [1.165, 1.54) is 6.92 Å². The summed E-state index contributed by atoms with van der Waals surface area (Å²) in [6, 6.07) is 11.3. The van der Waals surface area contributed by atoms with Gasteiger partial charge >= 0.3 is 0 Å². The Morgan fingerprint density at radius 2 is 1.68 bits per heavy atom. The van der Waals surface area contributed by atoms with Crippen LogP contribution in [0.1, 0.15) is 31.1 Å². The maximum Gasteiger partial charge on any atom is 0.252 e. The topological polar surface area (TPSA) is 61.4 Å². The van der Waals surface area contributed by atoms with E-state index in [-0.39, 0.29) is 24.2 Å². The quantitative estimate of drug-likeness (QED) is 0.793. The summed E-state index contributed by atoms with van der Waals surface area (Å²) in [7, 11) is 0. The number of fused-ring (bicyclic) bond motifs is 1. The number of anilines is 1. The fraction of sp³-hybridized carbons (Fsp3) is 0.368. The van der Waals surface area contributed by atoms with Crippen molar-refractivity contribution in [2.45, 2.75) is 20.8 Å². The highest BCUT2D eigenvalue weighted by molar-refractivity contribution is 6.08. The summed E-state index contributed by atoms with van der Waals surface area (Å²) < 4.78 is 0. The summed E-state index contributed by atoms with van der Waals surface area (Å²) >= 11 is 0. The van der Waals surface area contributed by atoms with Gasteiger partial charge < -0.3 is 15.5 Å². The van der Waals surface area contributed by atoms with Crippen LogP contribution in [-0.4, -0.2) is 42.9 Å². The molecule has 0 atom stereocenters. The first-order valence-corrected chi connectivity index (χ1v) is 8.36. The molecule has 136 valence electrons. The van der Waals surface area contributed by atoms with E-state index in [1.54, 1.807) is 6.07 Å². The standard InChI is InChI=1S/C19H25N3O2.ClH/c1-4-22(5-2)12-11-20-19(24)17-13-18(21-14(3)23)16-10-8-6-7-9-15(16)17;/h6-10,13H,4-5,11-12H2,1-3H3,(H,20,24)(H,21,23);1H. The number of rotatable bonds is 7. The van der Waals surface area contributed by atoms with Crippen molar-refractivity contribution in [3.63, 3.8) is 0 Å². The molecule has 0 aromatic carbocycles. The molecular formula is C19H26ClN3O2. The van der Waals surface area contributed by atoms with Crippen molar-refractivity contribution in [2.24, 2.45) is 0 Å². The van der Waals surface area contributed by atoms with E-state index in [0.717, 1.165) is 30.8 Å². The molecule has 0 aromatic heterocycles. The van der Waals surface area contributed by atoms with E-state index in [9.17, 15) is 9.59 Å². The number of amides is 2. The fourth-order valence-electron chi connectivity index (χ4n) is 2.76. The minimum Gasteiger partial charge on any atom is -0.351 e. The van der Waals surface area contributed by atoms with Crippen LogP contribution in [0.2, 0.25) is 0 Å². The number of nitrogens with zero attached hydrogens (tertiary/aromatic N) is 1. The number of nitrogens with one attached hydrogen (secondary N) is 2. The second-order valence-corrected chi connectivity index (χ2v) is 5.67. The minimum atomic E-state index is -0.151. The van der Waals surface area contributed by atoms with Crippen LogP contribution in [0.15, 0.2) is 36.4 Å². The summed E-state index contributed by atoms with van der Waals surface area (Å²) in [4.78, 5) is 26.2. The molecule has 0 heterocycles. The number of carbonyl (C=O) groups is 2. The molecule has 2 rings (SSSR count). The summed E-state index contributed by atoms with van der Waals surface area (Å²) in [5.74, 6) is -0.267. The summed E-state index contributed by atoms with van der Waals surface area (Å²) in [6.07, 6.45) is 0. The Kier molecular flexibility index (Phi) is 8.38. The zero-order valence-electron chi connectivity index (χ0n) is 15.0. The molecule has 0 saturated carbocycles. The Balaban J connectivity index is 0.00000312. The van der Waals surface area contributed by atoms with Gasteiger partial charge in [-0.3, -0.25) is 9.59 Å². The molecule has 2 N–H and O–H groups in total. The van der Waals surface area contributed by atoms with Gasteiger partial charge in [-0.15, -0.1) is 12.4 Å². The molecule has 0 fully saturated rings. The van der Waals surface area contributed by atoms with Gasteiger partial charge in [0.25, 0.3) is 5.91 Å². The summed E-state index contributed by atoms with van der Waals surface area (Å²) in [6.45, 7) is 9.03. The summed E-state index contributed by atoms with van der Waals surface area (Å²) in [5, 5.41) is 5.78. The smallest absolute Gasteiger partial charge is 0.252 e. The molecule has 25 heavy (non-hydrogen) atoms. The van der Waals surface area contributed by atoms with Crippen LogP contribution in [0.25, 0.3) is 11.1 Å². The first-order chi connectivity index (χ1) is 11.6.